The van der Waals surface area contributed by atoms with Crippen LogP contribution in [0.25, 0.3) is 11.1 Å². The minimum atomic E-state index is -0.803. The number of hydrogen-bond acceptors (Lipinski definition) is 4. The molecule has 7 nitrogen and oxygen atoms in total. The fraction of sp³-hybridized carbons (Fsp3) is 0.423. The summed E-state index contributed by atoms with van der Waals surface area (Å²) in [6.07, 6.45) is 1.83. The van der Waals surface area contributed by atoms with E-state index in [-0.39, 0.29) is 18.4 Å². The first-order valence-corrected chi connectivity index (χ1v) is 11.7. The monoisotopic (exact) mass is 448 g/mol. The zero-order valence-electron chi connectivity index (χ0n) is 18.5. The molecule has 2 fully saturated rings. The molecule has 2 saturated heterocycles. The van der Waals surface area contributed by atoms with E-state index in [1.807, 2.05) is 24.3 Å². The molecule has 5 rings (SSSR count). The number of carbonyl (C=O) groups is 3. The summed E-state index contributed by atoms with van der Waals surface area (Å²) in [5.74, 6) is -1.31. The lowest BCUT2D eigenvalue weighted by molar-refractivity contribution is -0.146. The second-order valence-electron chi connectivity index (χ2n) is 9.09. The van der Waals surface area contributed by atoms with Crippen molar-refractivity contribution in [2.75, 3.05) is 26.2 Å². The van der Waals surface area contributed by atoms with E-state index >= 15 is 0 Å². The lowest BCUT2D eigenvalue weighted by Gasteiger charge is -2.34. The number of piperidine rings is 1. The van der Waals surface area contributed by atoms with Crippen molar-refractivity contribution in [2.45, 2.75) is 37.6 Å². The maximum atomic E-state index is 13.1. The highest BCUT2D eigenvalue weighted by Crippen LogP contribution is 2.44. The van der Waals surface area contributed by atoms with Crippen LogP contribution in [0.5, 0.6) is 0 Å². The van der Waals surface area contributed by atoms with Gasteiger partial charge in [-0.05, 0) is 47.9 Å². The lowest BCUT2D eigenvalue weighted by atomic mass is 9.96. The van der Waals surface area contributed by atoms with Gasteiger partial charge in [-0.1, -0.05) is 48.5 Å². The van der Waals surface area contributed by atoms with Crippen molar-refractivity contribution < 1.29 is 24.2 Å². The first-order chi connectivity index (χ1) is 16.0. The smallest absolute Gasteiger partial charge is 0.410 e. The van der Waals surface area contributed by atoms with Gasteiger partial charge in [-0.3, -0.25) is 14.5 Å². The van der Waals surface area contributed by atoms with Crippen LogP contribution in [0.1, 0.15) is 42.7 Å². The Kier molecular flexibility index (Phi) is 5.79. The number of ether oxygens (including phenoxy) is 1. The van der Waals surface area contributed by atoms with Gasteiger partial charge in [0.15, 0.2) is 0 Å². The molecule has 2 heterocycles. The van der Waals surface area contributed by atoms with Crippen molar-refractivity contribution in [3.05, 3.63) is 59.7 Å². The number of fused-ring (bicyclic) bond motifs is 3. The van der Waals surface area contributed by atoms with E-state index in [4.69, 9.17) is 4.74 Å². The number of amides is 2. The predicted octanol–water partition coefficient (Wildman–Crippen LogP) is 3.72. The quantitative estimate of drug-likeness (QED) is 0.770. The average molecular weight is 449 g/mol. The maximum Gasteiger partial charge on any atom is 0.410 e. The van der Waals surface area contributed by atoms with Gasteiger partial charge in [0.2, 0.25) is 5.91 Å². The van der Waals surface area contributed by atoms with Crippen LogP contribution in [0.4, 0.5) is 4.79 Å². The highest BCUT2D eigenvalue weighted by molar-refractivity contribution is 5.86. The summed E-state index contributed by atoms with van der Waals surface area (Å²) < 4.78 is 5.78. The summed E-state index contributed by atoms with van der Waals surface area (Å²) in [5.41, 5.74) is 4.66. The topological polar surface area (TPSA) is 87.2 Å². The van der Waals surface area contributed by atoms with Crippen molar-refractivity contribution in [2.24, 2.45) is 5.92 Å². The van der Waals surface area contributed by atoms with Crippen LogP contribution < -0.4 is 0 Å². The Morgan fingerprint density at radius 2 is 1.48 bits per heavy atom. The minimum Gasteiger partial charge on any atom is -0.481 e. The Morgan fingerprint density at radius 1 is 0.879 bits per heavy atom. The number of likely N-dealkylation sites (tertiary alicyclic amines) is 2. The summed E-state index contributed by atoms with van der Waals surface area (Å²) in [5, 5.41) is 9.19. The molecule has 2 aromatic carbocycles. The van der Waals surface area contributed by atoms with Crippen LogP contribution in [0.15, 0.2) is 48.5 Å². The Balaban J connectivity index is 1.24. The van der Waals surface area contributed by atoms with E-state index in [0.717, 1.165) is 17.5 Å². The standard InChI is InChI=1S/C26H28N2O5/c29-24(27-14-11-17(12-15-27)25(30)31)23-10-5-13-28(23)26(32)33-16-22-20-8-3-1-6-18(20)19-7-2-4-9-21(19)22/h1-4,6-9,17,22-23H,5,10-16H2,(H,30,31)/t23-/m0/s1. The Labute approximate surface area is 192 Å². The third-order valence-electron chi connectivity index (χ3n) is 7.26. The number of rotatable bonds is 4. The van der Waals surface area contributed by atoms with Gasteiger partial charge in [0.1, 0.15) is 12.6 Å². The molecule has 172 valence electrons. The van der Waals surface area contributed by atoms with E-state index in [1.54, 1.807) is 9.80 Å². The number of carbonyl (C=O) groups excluding carboxylic acids is 2. The molecule has 0 spiro atoms. The molecule has 0 bridgehead atoms. The molecule has 0 unspecified atom stereocenters. The van der Waals surface area contributed by atoms with Gasteiger partial charge >= 0.3 is 12.1 Å². The van der Waals surface area contributed by atoms with Crippen molar-refractivity contribution in [1.29, 1.82) is 0 Å². The van der Waals surface area contributed by atoms with E-state index in [2.05, 4.69) is 24.3 Å². The van der Waals surface area contributed by atoms with Gasteiger partial charge in [0.05, 0.1) is 5.92 Å². The van der Waals surface area contributed by atoms with Gasteiger partial charge < -0.3 is 14.7 Å². The molecule has 0 saturated carbocycles. The van der Waals surface area contributed by atoms with Gasteiger partial charge in [0.25, 0.3) is 0 Å². The summed E-state index contributed by atoms with van der Waals surface area (Å²) >= 11 is 0. The molecular weight excluding hydrogens is 420 g/mol. The molecule has 7 heteroatoms. The number of hydrogen-bond donors (Lipinski definition) is 1. The van der Waals surface area contributed by atoms with Gasteiger partial charge in [-0.15, -0.1) is 0 Å². The molecule has 33 heavy (non-hydrogen) atoms. The fourth-order valence-electron chi connectivity index (χ4n) is 5.48. The van der Waals surface area contributed by atoms with E-state index < -0.39 is 24.0 Å². The van der Waals surface area contributed by atoms with Crippen molar-refractivity contribution in [3.63, 3.8) is 0 Å². The molecule has 1 aliphatic carbocycles. The normalized spacial score (nSPS) is 20.4. The summed E-state index contributed by atoms with van der Waals surface area (Å²) in [6, 6.07) is 15.9. The number of benzene rings is 2. The number of aliphatic carboxylic acids is 1. The molecule has 2 amide bonds. The molecule has 0 radical (unpaired) electrons. The second kappa shape index (κ2) is 8.89. The maximum absolute atomic E-state index is 13.1. The van der Waals surface area contributed by atoms with Gasteiger partial charge in [-0.25, -0.2) is 4.79 Å². The first kappa shape index (κ1) is 21.5. The second-order valence-corrected chi connectivity index (χ2v) is 9.09. The number of carboxylic acids is 1. The molecule has 2 aliphatic heterocycles. The fourth-order valence-corrected chi connectivity index (χ4v) is 5.48. The molecule has 3 aliphatic rings. The minimum absolute atomic E-state index is 0.0202. The SMILES string of the molecule is O=C(O)C1CCN(C(=O)[C@@H]2CCCN2C(=O)OCC2c3ccccc3-c3ccccc32)CC1. The van der Waals surface area contributed by atoms with Crippen molar-refractivity contribution in [3.8, 4) is 11.1 Å². The molecule has 1 N–H and O–H groups in total. The van der Waals surface area contributed by atoms with E-state index in [1.165, 1.54) is 11.1 Å². The summed E-state index contributed by atoms with van der Waals surface area (Å²) in [4.78, 5) is 40.6. The summed E-state index contributed by atoms with van der Waals surface area (Å²) in [7, 11) is 0. The zero-order chi connectivity index (χ0) is 22.9. The highest BCUT2D eigenvalue weighted by atomic mass is 16.6. The molecule has 2 aromatic rings. The molecule has 1 atom stereocenters. The predicted molar refractivity (Wildman–Crippen MR) is 122 cm³/mol. The van der Waals surface area contributed by atoms with Crippen LogP contribution in [-0.4, -0.2) is 65.2 Å². The molecular formula is C26H28N2O5. The van der Waals surface area contributed by atoms with E-state index in [0.29, 0.717) is 38.9 Å². The van der Waals surface area contributed by atoms with Crippen LogP contribution in [0.2, 0.25) is 0 Å². The van der Waals surface area contributed by atoms with Crippen molar-refractivity contribution in [1.82, 2.24) is 9.80 Å². The van der Waals surface area contributed by atoms with Crippen LogP contribution in [0, 0.1) is 5.92 Å². The lowest BCUT2D eigenvalue weighted by Crippen LogP contribution is -2.50. The Morgan fingerprint density at radius 3 is 2.09 bits per heavy atom. The van der Waals surface area contributed by atoms with E-state index in [9.17, 15) is 19.5 Å². The number of nitrogens with zero attached hydrogens (tertiary/aromatic N) is 2. The average Bonchev–Trinajstić information content (AvgIpc) is 3.46. The van der Waals surface area contributed by atoms with Crippen LogP contribution >= 0.6 is 0 Å². The van der Waals surface area contributed by atoms with Crippen LogP contribution in [0.3, 0.4) is 0 Å². The summed E-state index contributed by atoms with van der Waals surface area (Å²) in [6.45, 7) is 1.57. The van der Waals surface area contributed by atoms with Gasteiger partial charge in [0, 0.05) is 25.6 Å². The zero-order valence-corrected chi connectivity index (χ0v) is 18.5. The van der Waals surface area contributed by atoms with Crippen molar-refractivity contribution >= 4 is 18.0 Å². The Bertz CT molecular complexity index is 1030. The third kappa shape index (κ3) is 3.96. The van der Waals surface area contributed by atoms with Crippen LogP contribution in [-0.2, 0) is 14.3 Å². The molecule has 0 aromatic heterocycles. The number of carboxylic acid groups (broad SMARTS) is 1. The van der Waals surface area contributed by atoms with Gasteiger partial charge in [-0.2, -0.15) is 0 Å². The Hall–Kier alpha value is -3.35. The highest BCUT2D eigenvalue weighted by Gasteiger charge is 2.39. The first-order valence-electron chi connectivity index (χ1n) is 11.7. The third-order valence-corrected chi connectivity index (χ3v) is 7.26. The largest absolute Gasteiger partial charge is 0.481 e.